The molecule has 2 atom stereocenters. The quantitative estimate of drug-likeness (QED) is 0.422. The van der Waals surface area contributed by atoms with Crippen molar-refractivity contribution in [2.24, 2.45) is 0 Å². The molecule has 0 spiro atoms. The number of para-hydroxylation sites is 1. The fourth-order valence-electron chi connectivity index (χ4n) is 4.39. The number of rotatable bonds is 3. The van der Waals surface area contributed by atoms with Gasteiger partial charge in [0.05, 0.1) is 6.04 Å². The lowest BCUT2D eigenvalue weighted by Crippen LogP contribution is -2.28. The summed E-state index contributed by atoms with van der Waals surface area (Å²) in [7, 11) is 0. The Kier molecular flexibility index (Phi) is 3.88. The van der Waals surface area contributed by atoms with Gasteiger partial charge in [-0.2, -0.15) is 0 Å². The van der Waals surface area contributed by atoms with Crippen LogP contribution in [0, 0.1) is 0 Å². The average molecular weight is 389 g/mol. The molecule has 0 fully saturated rings. The molecule has 6 rings (SSSR count). The van der Waals surface area contributed by atoms with Crippen molar-refractivity contribution in [2.75, 3.05) is 4.90 Å². The molecule has 4 nitrogen and oxygen atoms in total. The Morgan fingerprint density at radius 3 is 2.20 bits per heavy atom. The van der Waals surface area contributed by atoms with Gasteiger partial charge in [-0.05, 0) is 42.0 Å². The Balaban J connectivity index is 1.45. The third kappa shape index (κ3) is 2.69. The lowest BCUT2D eigenvalue weighted by Gasteiger charge is -2.28. The van der Waals surface area contributed by atoms with Crippen LogP contribution in [0.4, 0.5) is 11.4 Å². The zero-order valence-electron chi connectivity index (χ0n) is 16.2. The number of hydrogen-bond acceptors (Lipinski definition) is 4. The van der Waals surface area contributed by atoms with E-state index < -0.39 is 0 Å². The van der Waals surface area contributed by atoms with Crippen LogP contribution in [-0.2, 0) is 0 Å². The number of fused-ring (bicyclic) bond motifs is 3. The number of benzene rings is 3. The van der Waals surface area contributed by atoms with Crippen molar-refractivity contribution < 1.29 is 4.42 Å². The molecule has 3 aromatic carbocycles. The Hall–Kier alpha value is -3.92. The second-order valence-electron chi connectivity index (χ2n) is 7.54. The van der Waals surface area contributed by atoms with E-state index in [0.717, 1.165) is 11.1 Å². The first-order valence-corrected chi connectivity index (χ1v) is 10.1. The normalized spacial score (nSPS) is 19.0. The predicted octanol–water partition coefficient (Wildman–Crippen LogP) is 6.13. The number of hydrogen-bond donors (Lipinski definition) is 0. The molecule has 2 unspecified atom stereocenters. The Labute approximate surface area is 174 Å². The molecule has 0 bridgehead atoms. The highest BCUT2D eigenvalue weighted by molar-refractivity contribution is 5.78. The summed E-state index contributed by atoms with van der Waals surface area (Å²) in [6.07, 6.45) is 8.83. The molecule has 144 valence electrons. The molecule has 2 heterocycles. The van der Waals surface area contributed by atoms with E-state index in [1.807, 2.05) is 30.3 Å². The summed E-state index contributed by atoms with van der Waals surface area (Å²) in [5.74, 6) is 1.40. The van der Waals surface area contributed by atoms with Crippen LogP contribution in [0.5, 0.6) is 0 Å². The van der Waals surface area contributed by atoms with E-state index in [4.69, 9.17) is 4.42 Å². The van der Waals surface area contributed by atoms with Gasteiger partial charge in [-0.15, -0.1) is 10.2 Å². The van der Waals surface area contributed by atoms with Crippen LogP contribution in [0.25, 0.3) is 22.9 Å². The molecule has 30 heavy (non-hydrogen) atoms. The zero-order chi connectivity index (χ0) is 19.9. The molecule has 0 amide bonds. The zero-order valence-corrected chi connectivity index (χ0v) is 16.2. The second-order valence-corrected chi connectivity index (χ2v) is 7.54. The largest absolute Gasteiger partial charge is 0.416 e. The van der Waals surface area contributed by atoms with Crippen molar-refractivity contribution in [1.82, 2.24) is 10.2 Å². The lowest BCUT2D eigenvalue weighted by molar-refractivity contribution is 0.584. The molecule has 0 saturated carbocycles. The van der Waals surface area contributed by atoms with E-state index in [1.165, 1.54) is 16.9 Å². The van der Waals surface area contributed by atoms with E-state index in [0.29, 0.717) is 17.7 Å². The monoisotopic (exact) mass is 389 g/mol. The van der Waals surface area contributed by atoms with Crippen LogP contribution in [0.1, 0.15) is 11.5 Å². The number of allylic oxidation sites excluding steroid dienone is 2. The fourth-order valence-corrected chi connectivity index (χ4v) is 4.39. The molecular formula is C26H19N3O. The summed E-state index contributed by atoms with van der Waals surface area (Å²) in [4.78, 5) is 2.40. The molecule has 0 radical (unpaired) electrons. The van der Waals surface area contributed by atoms with Crippen molar-refractivity contribution in [2.45, 2.75) is 12.0 Å². The highest BCUT2D eigenvalue weighted by Crippen LogP contribution is 2.48. The summed E-state index contributed by atoms with van der Waals surface area (Å²) in [5.41, 5.74) is 5.53. The van der Waals surface area contributed by atoms with E-state index in [9.17, 15) is 0 Å². The van der Waals surface area contributed by atoms with Crippen LogP contribution in [0.15, 0.2) is 108 Å². The first-order chi connectivity index (χ1) is 14.9. The van der Waals surface area contributed by atoms with E-state index in [1.54, 1.807) is 0 Å². The minimum absolute atomic E-state index is 0.269. The molecule has 0 N–H and O–H groups in total. The van der Waals surface area contributed by atoms with Crippen molar-refractivity contribution in [1.29, 1.82) is 0 Å². The van der Waals surface area contributed by atoms with Crippen LogP contribution in [0.3, 0.4) is 0 Å². The summed E-state index contributed by atoms with van der Waals surface area (Å²) >= 11 is 0. The van der Waals surface area contributed by atoms with Crippen LogP contribution in [-0.4, -0.2) is 16.2 Å². The smallest absolute Gasteiger partial charge is 0.248 e. The summed E-state index contributed by atoms with van der Waals surface area (Å²) in [6, 6.07) is 27.1. The van der Waals surface area contributed by atoms with E-state index in [-0.39, 0.29) is 6.04 Å². The fraction of sp³-hybridized carbons (Fsp3) is 0.0769. The van der Waals surface area contributed by atoms with E-state index in [2.05, 4.69) is 87.9 Å². The maximum Gasteiger partial charge on any atom is 0.248 e. The highest BCUT2D eigenvalue weighted by atomic mass is 16.4. The second kappa shape index (κ2) is 6.85. The number of anilines is 2. The first-order valence-electron chi connectivity index (χ1n) is 10.1. The van der Waals surface area contributed by atoms with Gasteiger partial charge in [0.15, 0.2) is 0 Å². The van der Waals surface area contributed by atoms with Gasteiger partial charge in [0.1, 0.15) is 0 Å². The topological polar surface area (TPSA) is 42.2 Å². The van der Waals surface area contributed by atoms with Gasteiger partial charge in [-0.25, -0.2) is 0 Å². The maximum atomic E-state index is 6.01. The summed E-state index contributed by atoms with van der Waals surface area (Å²) < 4.78 is 6.01. The Morgan fingerprint density at radius 1 is 0.700 bits per heavy atom. The van der Waals surface area contributed by atoms with Crippen molar-refractivity contribution >= 4 is 11.4 Å². The van der Waals surface area contributed by atoms with Crippen molar-refractivity contribution in [3.8, 4) is 22.9 Å². The molecule has 4 aromatic rings. The average Bonchev–Trinajstić information content (AvgIpc) is 3.43. The van der Waals surface area contributed by atoms with Crippen LogP contribution in [0.2, 0.25) is 0 Å². The van der Waals surface area contributed by atoms with Gasteiger partial charge >= 0.3 is 0 Å². The van der Waals surface area contributed by atoms with Crippen LogP contribution >= 0.6 is 0 Å². The third-order valence-electron chi connectivity index (χ3n) is 5.78. The minimum Gasteiger partial charge on any atom is -0.416 e. The Morgan fingerprint density at radius 2 is 1.40 bits per heavy atom. The van der Waals surface area contributed by atoms with Gasteiger partial charge in [0.25, 0.3) is 0 Å². The SMILES string of the molecule is C1=CC2c3ccc(-c4nnc(-c5ccccc5)o4)cc3N(c3ccccc3)C2C=C1. The van der Waals surface area contributed by atoms with Crippen LogP contribution < -0.4 is 4.90 Å². The van der Waals surface area contributed by atoms with Gasteiger partial charge in [0, 0.05) is 28.4 Å². The molecule has 1 aliphatic heterocycles. The van der Waals surface area contributed by atoms with Crippen molar-refractivity contribution in [3.63, 3.8) is 0 Å². The summed E-state index contributed by atoms with van der Waals surface area (Å²) in [6.45, 7) is 0. The van der Waals surface area contributed by atoms with Gasteiger partial charge in [-0.1, -0.05) is 66.8 Å². The predicted molar refractivity (Wildman–Crippen MR) is 119 cm³/mol. The molecule has 2 aliphatic rings. The molecule has 1 aliphatic carbocycles. The number of aromatic nitrogens is 2. The maximum absolute atomic E-state index is 6.01. The van der Waals surface area contributed by atoms with Gasteiger partial charge in [0.2, 0.25) is 11.8 Å². The molecule has 1 aromatic heterocycles. The molecular weight excluding hydrogens is 370 g/mol. The lowest BCUT2D eigenvalue weighted by atomic mass is 9.91. The standard InChI is InChI=1S/C26H19N3O/c1-3-9-18(10-4-1)25-27-28-26(30-25)19-15-16-22-21-13-7-8-14-23(21)29(24(22)17-19)20-11-5-2-6-12-20/h1-17,21,23H. The van der Waals surface area contributed by atoms with E-state index >= 15 is 0 Å². The first kappa shape index (κ1) is 17.0. The van der Waals surface area contributed by atoms with Gasteiger partial charge < -0.3 is 9.32 Å². The Bertz CT molecular complexity index is 1260. The number of nitrogens with zero attached hydrogens (tertiary/aromatic N) is 3. The summed E-state index contributed by atoms with van der Waals surface area (Å²) in [5, 5.41) is 8.57. The molecule has 4 heteroatoms. The van der Waals surface area contributed by atoms with Crippen molar-refractivity contribution in [3.05, 3.63) is 109 Å². The highest BCUT2D eigenvalue weighted by Gasteiger charge is 2.37. The van der Waals surface area contributed by atoms with Gasteiger partial charge in [-0.3, -0.25) is 0 Å². The minimum atomic E-state index is 0.269. The molecule has 0 saturated heterocycles. The third-order valence-corrected chi connectivity index (χ3v) is 5.78.